The number of fused-ring (bicyclic) bond motifs is 2. The second kappa shape index (κ2) is 15.3. The first kappa shape index (κ1) is 37.7. The third kappa shape index (κ3) is 6.86. The number of rotatable bonds is 13. The number of carbonyl (C=O) groups is 2. The number of aryl methyl sites for hydroxylation is 1. The van der Waals surface area contributed by atoms with Gasteiger partial charge < -0.3 is 30.5 Å². The minimum absolute atomic E-state index is 0.00750. The van der Waals surface area contributed by atoms with Crippen LogP contribution in [-0.2, 0) is 21.7 Å². The normalized spacial score (nSPS) is 21.1. The van der Waals surface area contributed by atoms with Crippen LogP contribution in [-0.4, -0.2) is 66.4 Å². The molecule has 3 heterocycles. The molecule has 4 N–H and O–H groups in total. The van der Waals surface area contributed by atoms with Gasteiger partial charge in [-0.2, -0.15) is 0 Å². The molecule has 0 radical (unpaired) electrons. The summed E-state index contributed by atoms with van der Waals surface area (Å²) in [5, 5.41) is 23.5. The summed E-state index contributed by atoms with van der Waals surface area (Å²) in [5.74, 6) is -0.180. The molecule has 1 aromatic heterocycles. The average molecular weight is 757 g/mol. The molecule has 55 heavy (non-hydrogen) atoms. The van der Waals surface area contributed by atoms with Crippen molar-refractivity contribution in [3.8, 4) is 5.75 Å². The molecule has 4 aromatic carbocycles. The number of methoxy groups -OCH3 is 1. The molecule has 2 amide bonds. The molecular weight excluding hydrogens is 709 g/mol. The molecule has 5 atom stereocenters. The van der Waals surface area contributed by atoms with E-state index in [2.05, 4.69) is 54.4 Å². The summed E-state index contributed by atoms with van der Waals surface area (Å²) in [6.45, 7) is 11.5. The number of nitrogens with zero attached hydrogens (tertiary/aromatic N) is 4. The Morgan fingerprint density at radius 2 is 1.82 bits per heavy atom. The summed E-state index contributed by atoms with van der Waals surface area (Å²) in [4.78, 5) is 30.0. The summed E-state index contributed by atoms with van der Waals surface area (Å²) < 4.78 is 14.6. The zero-order valence-electron chi connectivity index (χ0n) is 31.7. The molecule has 2 aliphatic heterocycles. The summed E-state index contributed by atoms with van der Waals surface area (Å²) in [7, 11) is -0.752. The molecule has 0 bridgehead atoms. The van der Waals surface area contributed by atoms with Gasteiger partial charge in [0.15, 0.2) is 5.60 Å². The smallest absolute Gasteiger partial charge is 0.264 e. The average Bonchev–Trinajstić information content (AvgIpc) is 3.85. The monoisotopic (exact) mass is 756 g/mol. The number of aliphatic hydroxyl groups is 1. The highest BCUT2D eigenvalue weighted by molar-refractivity contribution is 6.91. The predicted octanol–water partition coefficient (Wildman–Crippen LogP) is 6.08. The van der Waals surface area contributed by atoms with E-state index < -0.39 is 13.7 Å². The molecular formula is C43H48N6O5Si. The number of benzene rings is 4. The van der Waals surface area contributed by atoms with E-state index in [-0.39, 0.29) is 41.9 Å². The van der Waals surface area contributed by atoms with Crippen molar-refractivity contribution in [1.82, 2.24) is 15.0 Å². The molecule has 11 nitrogen and oxygen atoms in total. The number of aromatic nitrogens is 3. The van der Waals surface area contributed by atoms with E-state index in [1.165, 1.54) is 5.19 Å². The zero-order chi connectivity index (χ0) is 38.9. The first-order valence-corrected chi connectivity index (χ1v) is 21.7. The van der Waals surface area contributed by atoms with Gasteiger partial charge in [0.1, 0.15) is 5.75 Å². The van der Waals surface area contributed by atoms with Gasteiger partial charge in [0.25, 0.3) is 11.8 Å². The van der Waals surface area contributed by atoms with Crippen LogP contribution in [0.15, 0.2) is 116 Å². The minimum Gasteiger partial charge on any atom is -0.497 e. The Morgan fingerprint density at radius 1 is 1.09 bits per heavy atom. The third-order valence-electron chi connectivity index (χ3n) is 11.5. The molecule has 0 saturated carbocycles. The van der Waals surface area contributed by atoms with Crippen molar-refractivity contribution in [3.05, 3.63) is 138 Å². The quantitative estimate of drug-likeness (QED) is 0.0745. The maximum atomic E-state index is 14.9. The Balaban J connectivity index is 1.26. The van der Waals surface area contributed by atoms with Crippen molar-refractivity contribution in [2.24, 2.45) is 5.92 Å². The lowest BCUT2D eigenvalue weighted by atomic mass is 9.82. The van der Waals surface area contributed by atoms with Crippen LogP contribution in [0, 0.1) is 5.92 Å². The number of carbonyl (C=O) groups excluding carboxylic acids is 2. The number of ether oxygens (including phenoxy) is 2. The summed E-state index contributed by atoms with van der Waals surface area (Å²) >= 11 is 0. The van der Waals surface area contributed by atoms with E-state index in [0.717, 1.165) is 22.6 Å². The van der Waals surface area contributed by atoms with Crippen LogP contribution in [0.1, 0.15) is 46.4 Å². The fraction of sp³-hybridized carbons (Fsp3) is 0.302. The predicted molar refractivity (Wildman–Crippen MR) is 217 cm³/mol. The Kier molecular flexibility index (Phi) is 10.5. The standard InChI is InChI=1S/C43H48N6O5Si/c1-6-23-49-38-21-16-32(45-41(51)30-12-14-31(44)15-13-30)25-36(38)43(42(49)52)28(2)40(55(4,5)34-19-17-33(53-3)18-20-34)39(54-43)22-24-48-26-37(46-47-48)35(27-50)29-10-8-7-9-11-29/h6-21,25-26,28,35,39-40,50H,1,22-24,27,44H2,2-5H3,(H,45,51)/t28-,35?,39+,40-,43+/m1/s1. The van der Waals surface area contributed by atoms with Crippen LogP contribution in [0.5, 0.6) is 5.75 Å². The molecule has 0 aliphatic carbocycles. The van der Waals surface area contributed by atoms with Crippen LogP contribution < -0.4 is 25.9 Å². The van der Waals surface area contributed by atoms with Crippen molar-refractivity contribution in [2.75, 3.05) is 36.2 Å². The van der Waals surface area contributed by atoms with Crippen LogP contribution in [0.3, 0.4) is 0 Å². The molecule has 1 fully saturated rings. The van der Waals surface area contributed by atoms with Crippen LogP contribution in [0.2, 0.25) is 18.6 Å². The number of nitrogens with one attached hydrogen (secondary N) is 1. The SMILES string of the molecule is C=CCN1C(=O)[C@@]2(O[C@@H](CCn3cc(C(CO)c4ccccc4)nn3)[C@H]([Si](C)(C)c3ccc(OC)cc3)[C@H]2C)c2cc(NC(=O)c3ccc(N)cc3)ccc21. The Labute approximate surface area is 322 Å². The van der Waals surface area contributed by atoms with Crippen LogP contribution in [0.4, 0.5) is 17.1 Å². The topological polar surface area (TPSA) is 145 Å². The number of nitrogens with two attached hydrogens (primary N) is 1. The lowest BCUT2D eigenvalue weighted by Crippen LogP contribution is -2.51. The van der Waals surface area contributed by atoms with Crippen molar-refractivity contribution in [3.63, 3.8) is 0 Å². The maximum absolute atomic E-state index is 14.9. The van der Waals surface area contributed by atoms with Crippen LogP contribution >= 0.6 is 0 Å². The highest BCUT2D eigenvalue weighted by Crippen LogP contribution is 2.60. The Bertz CT molecular complexity index is 2170. The van der Waals surface area contributed by atoms with Gasteiger partial charge in [0, 0.05) is 47.7 Å². The van der Waals surface area contributed by atoms with Crippen LogP contribution in [0.25, 0.3) is 0 Å². The van der Waals surface area contributed by atoms with E-state index in [4.69, 9.17) is 15.2 Å². The molecule has 2 aliphatic rings. The lowest BCUT2D eigenvalue weighted by molar-refractivity contribution is -0.145. The van der Waals surface area contributed by atoms with Crippen molar-refractivity contribution < 1.29 is 24.2 Å². The van der Waals surface area contributed by atoms with Crippen molar-refractivity contribution in [1.29, 1.82) is 0 Å². The molecule has 12 heteroatoms. The van der Waals surface area contributed by atoms with Gasteiger partial charge in [-0.15, -0.1) is 11.7 Å². The van der Waals surface area contributed by atoms with Gasteiger partial charge in [-0.3, -0.25) is 14.3 Å². The highest BCUT2D eigenvalue weighted by atomic mass is 28.3. The van der Waals surface area contributed by atoms with E-state index in [9.17, 15) is 14.7 Å². The minimum atomic E-state index is -2.41. The molecule has 5 aromatic rings. The van der Waals surface area contributed by atoms with E-state index in [1.54, 1.807) is 47.0 Å². The van der Waals surface area contributed by atoms with Crippen molar-refractivity contribution in [2.45, 2.75) is 56.1 Å². The number of hydrogen-bond donors (Lipinski definition) is 3. The van der Waals surface area contributed by atoms with Gasteiger partial charge in [0.2, 0.25) is 0 Å². The number of aliphatic hydroxyl groups excluding tert-OH is 1. The fourth-order valence-electron chi connectivity index (χ4n) is 8.71. The Hall–Kier alpha value is -5.56. The first-order valence-electron chi connectivity index (χ1n) is 18.6. The largest absolute Gasteiger partial charge is 0.497 e. The molecule has 7 rings (SSSR count). The van der Waals surface area contributed by atoms with Gasteiger partial charge in [-0.05, 0) is 72.1 Å². The molecule has 1 saturated heterocycles. The van der Waals surface area contributed by atoms with Crippen molar-refractivity contribution >= 4 is 42.1 Å². The first-order chi connectivity index (χ1) is 26.5. The second-order valence-corrected chi connectivity index (χ2v) is 19.7. The third-order valence-corrected chi connectivity index (χ3v) is 15.9. The lowest BCUT2D eigenvalue weighted by Gasteiger charge is -2.37. The molecule has 284 valence electrons. The highest BCUT2D eigenvalue weighted by Gasteiger charge is 2.66. The zero-order valence-corrected chi connectivity index (χ0v) is 32.7. The van der Waals surface area contributed by atoms with Gasteiger partial charge >= 0.3 is 0 Å². The summed E-state index contributed by atoms with van der Waals surface area (Å²) in [5.41, 5.74) is 9.25. The van der Waals surface area contributed by atoms with E-state index >= 15 is 0 Å². The second-order valence-electron chi connectivity index (χ2n) is 15.0. The number of nitrogen functional groups attached to an aromatic ring is 1. The number of anilines is 3. The van der Waals surface area contributed by atoms with Gasteiger partial charge in [-0.25, -0.2) is 0 Å². The summed E-state index contributed by atoms with van der Waals surface area (Å²) in [6.07, 6.45) is 3.85. The number of amides is 2. The van der Waals surface area contributed by atoms with Gasteiger partial charge in [0.05, 0.1) is 45.2 Å². The molecule has 1 spiro atoms. The van der Waals surface area contributed by atoms with Gasteiger partial charge in [-0.1, -0.05) is 79.0 Å². The fourth-order valence-corrected chi connectivity index (χ4v) is 12.8. The van der Waals surface area contributed by atoms with E-state index in [1.807, 2.05) is 66.9 Å². The van der Waals surface area contributed by atoms with E-state index in [0.29, 0.717) is 42.1 Å². The Morgan fingerprint density at radius 3 is 2.49 bits per heavy atom. The summed E-state index contributed by atoms with van der Waals surface area (Å²) in [6, 6.07) is 30.4. The molecule has 1 unspecified atom stereocenters. The number of hydrogen-bond acceptors (Lipinski definition) is 8. The maximum Gasteiger partial charge on any atom is 0.264 e.